The normalized spacial score (nSPS) is 22.2. The smallest absolute Gasteiger partial charge is 0.0112 e. The van der Waals surface area contributed by atoms with Crippen LogP contribution in [0.5, 0.6) is 0 Å². The van der Waals surface area contributed by atoms with E-state index < -0.39 is 0 Å². The molecule has 0 aromatic rings. The molecule has 13 heavy (non-hydrogen) atoms. The average Bonchev–Trinajstić information content (AvgIpc) is 2.50. The van der Waals surface area contributed by atoms with E-state index in [2.05, 4.69) is 26.2 Å². The summed E-state index contributed by atoms with van der Waals surface area (Å²) in [6.45, 7) is 4.23. The van der Waals surface area contributed by atoms with Gasteiger partial charge in [0.15, 0.2) is 0 Å². The predicted octanol–water partition coefficient (Wildman–Crippen LogP) is 1.89. The predicted molar refractivity (Wildman–Crippen MR) is 57.7 cm³/mol. The molecule has 1 unspecified atom stereocenters. The van der Waals surface area contributed by atoms with Crippen LogP contribution in [0.25, 0.3) is 0 Å². The number of nitrogens with one attached hydrogen (secondary N) is 1. The van der Waals surface area contributed by atoms with E-state index in [4.69, 9.17) is 5.73 Å². The van der Waals surface area contributed by atoms with Gasteiger partial charge in [0, 0.05) is 11.6 Å². The van der Waals surface area contributed by atoms with Gasteiger partial charge in [-0.05, 0) is 46.1 Å². The zero-order valence-corrected chi connectivity index (χ0v) is 9.27. The fourth-order valence-electron chi connectivity index (χ4n) is 2.43. The van der Waals surface area contributed by atoms with Crippen LogP contribution in [0.4, 0.5) is 0 Å². The first-order valence-corrected chi connectivity index (χ1v) is 5.49. The van der Waals surface area contributed by atoms with Crippen molar-refractivity contribution in [3.63, 3.8) is 0 Å². The summed E-state index contributed by atoms with van der Waals surface area (Å²) in [5, 5.41) is 3.42. The van der Waals surface area contributed by atoms with E-state index in [-0.39, 0.29) is 5.54 Å². The summed E-state index contributed by atoms with van der Waals surface area (Å²) in [6, 6.07) is 0.627. The van der Waals surface area contributed by atoms with E-state index in [1.54, 1.807) is 0 Å². The summed E-state index contributed by atoms with van der Waals surface area (Å²) in [7, 11) is 2.06. The van der Waals surface area contributed by atoms with Crippen molar-refractivity contribution in [3.8, 4) is 0 Å². The van der Waals surface area contributed by atoms with Crippen LogP contribution in [-0.2, 0) is 0 Å². The van der Waals surface area contributed by atoms with Crippen LogP contribution in [0.15, 0.2) is 0 Å². The Morgan fingerprint density at radius 3 is 2.31 bits per heavy atom. The Bertz CT molecular complexity index is 143. The molecule has 0 bridgehead atoms. The fourth-order valence-corrected chi connectivity index (χ4v) is 2.43. The van der Waals surface area contributed by atoms with Crippen molar-refractivity contribution in [2.24, 2.45) is 11.7 Å². The van der Waals surface area contributed by atoms with Crippen molar-refractivity contribution in [2.45, 2.75) is 57.5 Å². The summed E-state index contributed by atoms with van der Waals surface area (Å²) in [5.74, 6) is 0.868. The summed E-state index contributed by atoms with van der Waals surface area (Å²) in [5.41, 5.74) is 6.01. The van der Waals surface area contributed by atoms with Crippen LogP contribution in [-0.4, -0.2) is 18.6 Å². The lowest BCUT2D eigenvalue weighted by molar-refractivity contribution is 0.301. The monoisotopic (exact) mass is 184 g/mol. The van der Waals surface area contributed by atoms with Crippen molar-refractivity contribution in [1.29, 1.82) is 0 Å². The second kappa shape index (κ2) is 4.43. The van der Waals surface area contributed by atoms with Gasteiger partial charge in [-0.15, -0.1) is 0 Å². The zero-order valence-electron chi connectivity index (χ0n) is 9.27. The summed E-state index contributed by atoms with van der Waals surface area (Å²) < 4.78 is 0. The third-order valence-corrected chi connectivity index (χ3v) is 3.09. The number of rotatable bonds is 4. The van der Waals surface area contributed by atoms with Gasteiger partial charge < -0.3 is 11.1 Å². The van der Waals surface area contributed by atoms with Crippen LogP contribution < -0.4 is 11.1 Å². The Labute approximate surface area is 82.3 Å². The molecular weight excluding hydrogens is 160 g/mol. The molecule has 0 amide bonds. The maximum absolute atomic E-state index is 6.04. The zero-order chi connectivity index (χ0) is 9.90. The highest BCUT2D eigenvalue weighted by Gasteiger charge is 2.27. The molecule has 1 fully saturated rings. The second-order valence-electron chi connectivity index (χ2n) is 5.13. The average molecular weight is 184 g/mol. The van der Waals surface area contributed by atoms with Gasteiger partial charge in [-0.2, -0.15) is 0 Å². The van der Waals surface area contributed by atoms with Gasteiger partial charge in [0.25, 0.3) is 0 Å². The SMILES string of the molecule is CNC(CC(C)(C)N)C1CCCC1. The molecule has 1 rings (SSSR count). The van der Waals surface area contributed by atoms with Crippen molar-refractivity contribution >= 4 is 0 Å². The third kappa shape index (κ3) is 3.65. The molecule has 3 N–H and O–H groups in total. The molecule has 0 aromatic carbocycles. The minimum Gasteiger partial charge on any atom is -0.326 e. The Hall–Kier alpha value is -0.0800. The second-order valence-corrected chi connectivity index (χ2v) is 5.13. The topological polar surface area (TPSA) is 38.0 Å². The molecule has 78 valence electrons. The molecule has 1 aliphatic carbocycles. The Morgan fingerprint density at radius 2 is 1.92 bits per heavy atom. The van der Waals surface area contributed by atoms with Crippen molar-refractivity contribution in [3.05, 3.63) is 0 Å². The lowest BCUT2D eigenvalue weighted by atomic mass is 9.87. The van der Waals surface area contributed by atoms with Crippen LogP contribution in [0.3, 0.4) is 0 Å². The Morgan fingerprint density at radius 1 is 1.38 bits per heavy atom. The van der Waals surface area contributed by atoms with Crippen LogP contribution >= 0.6 is 0 Å². The molecule has 1 saturated carbocycles. The molecule has 0 radical (unpaired) electrons. The van der Waals surface area contributed by atoms with E-state index in [1.165, 1.54) is 25.7 Å². The molecule has 0 aliphatic heterocycles. The molecule has 0 saturated heterocycles. The summed E-state index contributed by atoms with van der Waals surface area (Å²) in [6.07, 6.45) is 6.69. The minimum absolute atomic E-state index is 0.0315. The number of hydrogen-bond donors (Lipinski definition) is 2. The van der Waals surface area contributed by atoms with Crippen molar-refractivity contribution in [2.75, 3.05) is 7.05 Å². The minimum atomic E-state index is -0.0315. The molecule has 2 heteroatoms. The van der Waals surface area contributed by atoms with Crippen molar-refractivity contribution < 1.29 is 0 Å². The van der Waals surface area contributed by atoms with Crippen LogP contribution in [0, 0.1) is 5.92 Å². The molecule has 2 nitrogen and oxygen atoms in total. The van der Waals surface area contributed by atoms with E-state index in [0.29, 0.717) is 6.04 Å². The van der Waals surface area contributed by atoms with E-state index in [1.807, 2.05) is 0 Å². The maximum Gasteiger partial charge on any atom is 0.0112 e. The third-order valence-electron chi connectivity index (χ3n) is 3.09. The number of nitrogens with two attached hydrogens (primary N) is 1. The van der Waals surface area contributed by atoms with Gasteiger partial charge in [-0.1, -0.05) is 12.8 Å². The molecule has 1 atom stereocenters. The molecule has 0 spiro atoms. The number of hydrogen-bond acceptors (Lipinski definition) is 2. The van der Waals surface area contributed by atoms with Crippen molar-refractivity contribution in [1.82, 2.24) is 5.32 Å². The van der Waals surface area contributed by atoms with Gasteiger partial charge in [0.1, 0.15) is 0 Å². The summed E-state index contributed by atoms with van der Waals surface area (Å²) in [4.78, 5) is 0. The first kappa shape index (κ1) is 11.0. The van der Waals surface area contributed by atoms with Gasteiger partial charge >= 0.3 is 0 Å². The standard InChI is InChI=1S/C11H24N2/c1-11(2,12)8-10(13-3)9-6-4-5-7-9/h9-10,13H,4-8,12H2,1-3H3. The molecular formula is C11H24N2. The lowest BCUT2D eigenvalue weighted by Crippen LogP contribution is -2.43. The molecule has 1 aliphatic rings. The Balaban J connectivity index is 2.42. The van der Waals surface area contributed by atoms with Gasteiger partial charge in [-0.3, -0.25) is 0 Å². The van der Waals surface area contributed by atoms with E-state index in [9.17, 15) is 0 Å². The molecule has 0 aromatic heterocycles. The highest BCUT2D eigenvalue weighted by molar-refractivity contribution is 4.86. The lowest BCUT2D eigenvalue weighted by Gasteiger charge is -2.29. The summed E-state index contributed by atoms with van der Waals surface area (Å²) >= 11 is 0. The quantitative estimate of drug-likeness (QED) is 0.700. The first-order chi connectivity index (χ1) is 6.03. The highest BCUT2D eigenvalue weighted by atomic mass is 14.9. The van der Waals surface area contributed by atoms with Gasteiger partial charge in [0.05, 0.1) is 0 Å². The maximum atomic E-state index is 6.04. The largest absolute Gasteiger partial charge is 0.326 e. The Kier molecular flexibility index (Phi) is 3.74. The van der Waals surface area contributed by atoms with E-state index >= 15 is 0 Å². The van der Waals surface area contributed by atoms with Crippen LogP contribution in [0.1, 0.15) is 46.0 Å². The van der Waals surface area contributed by atoms with Crippen LogP contribution in [0.2, 0.25) is 0 Å². The first-order valence-electron chi connectivity index (χ1n) is 5.49. The van der Waals surface area contributed by atoms with Gasteiger partial charge in [0.2, 0.25) is 0 Å². The van der Waals surface area contributed by atoms with Gasteiger partial charge in [-0.25, -0.2) is 0 Å². The highest BCUT2D eigenvalue weighted by Crippen LogP contribution is 2.30. The van der Waals surface area contributed by atoms with E-state index in [0.717, 1.165) is 12.3 Å². The molecule has 0 heterocycles. The fraction of sp³-hybridized carbons (Fsp3) is 1.00.